The molecular formula is C23H38O. The first-order valence-electron chi connectivity index (χ1n) is 9.97. The van der Waals surface area contributed by atoms with E-state index in [1.807, 2.05) is 7.11 Å². The van der Waals surface area contributed by atoms with Crippen LogP contribution in [0.15, 0.2) is 48.6 Å². The SMILES string of the molecule is CC/C=C\C/C=C\C/C=C\C[C@H]1CCC[C@H]1/C=C/[C@H](CCC)OC. The molecular weight excluding hydrogens is 292 g/mol. The van der Waals surface area contributed by atoms with Crippen molar-refractivity contribution in [1.82, 2.24) is 0 Å². The zero-order valence-corrected chi connectivity index (χ0v) is 16.1. The van der Waals surface area contributed by atoms with Gasteiger partial charge < -0.3 is 4.74 Å². The first-order valence-corrected chi connectivity index (χ1v) is 9.97. The van der Waals surface area contributed by atoms with Crippen molar-refractivity contribution >= 4 is 0 Å². The van der Waals surface area contributed by atoms with Crippen LogP contribution in [0.25, 0.3) is 0 Å². The maximum absolute atomic E-state index is 5.53. The first kappa shape index (κ1) is 21.0. The van der Waals surface area contributed by atoms with E-state index in [1.54, 1.807) is 0 Å². The van der Waals surface area contributed by atoms with Gasteiger partial charge in [-0.1, -0.05) is 75.3 Å². The van der Waals surface area contributed by atoms with Crippen molar-refractivity contribution in [3.8, 4) is 0 Å². The van der Waals surface area contributed by atoms with Gasteiger partial charge in [0.15, 0.2) is 0 Å². The molecule has 1 fully saturated rings. The summed E-state index contributed by atoms with van der Waals surface area (Å²) in [4.78, 5) is 0. The quantitative estimate of drug-likeness (QED) is 0.349. The Morgan fingerprint density at radius 2 is 1.67 bits per heavy atom. The van der Waals surface area contributed by atoms with E-state index < -0.39 is 0 Å². The average Bonchev–Trinajstić information content (AvgIpc) is 3.04. The van der Waals surface area contributed by atoms with E-state index in [2.05, 4.69) is 62.5 Å². The van der Waals surface area contributed by atoms with Crippen LogP contribution in [0.1, 0.15) is 71.6 Å². The number of ether oxygens (including phenoxy) is 1. The molecule has 0 saturated heterocycles. The highest BCUT2D eigenvalue weighted by atomic mass is 16.5. The molecule has 1 saturated carbocycles. The average molecular weight is 331 g/mol. The van der Waals surface area contributed by atoms with Gasteiger partial charge in [-0.2, -0.15) is 0 Å². The summed E-state index contributed by atoms with van der Waals surface area (Å²) in [6.45, 7) is 4.39. The van der Waals surface area contributed by atoms with Crippen LogP contribution in [0, 0.1) is 11.8 Å². The molecule has 0 radical (unpaired) electrons. The first-order chi connectivity index (χ1) is 11.8. The second-order valence-electron chi connectivity index (χ2n) is 6.83. The lowest BCUT2D eigenvalue weighted by Crippen LogP contribution is -2.09. The van der Waals surface area contributed by atoms with Crippen LogP contribution in [0.2, 0.25) is 0 Å². The number of allylic oxidation sites excluding steroid dienone is 7. The highest BCUT2D eigenvalue weighted by molar-refractivity contribution is 5.02. The summed E-state index contributed by atoms with van der Waals surface area (Å²) >= 11 is 0. The van der Waals surface area contributed by atoms with Gasteiger partial charge in [-0.25, -0.2) is 0 Å². The van der Waals surface area contributed by atoms with Crippen LogP contribution >= 0.6 is 0 Å². The molecule has 1 heteroatoms. The summed E-state index contributed by atoms with van der Waals surface area (Å²) in [7, 11) is 1.82. The van der Waals surface area contributed by atoms with E-state index in [4.69, 9.17) is 4.74 Å². The van der Waals surface area contributed by atoms with Crippen LogP contribution in [0.3, 0.4) is 0 Å². The third-order valence-corrected chi connectivity index (χ3v) is 4.89. The molecule has 3 atom stereocenters. The zero-order chi connectivity index (χ0) is 17.5. The normalized spacial score (nSPS) is 23.5. The summed E-state index contributed by atoms with van der Waals surface area (Å²) in [5, 5.41) is 0. The lowest BCUT2D eigenvalue weighted by molar-refractivity contribution is 0.132. The van der Waals surface area contributed by atoms with Gasteiger partial charge in [-0.15, -0.1) is 0 Å². The highest BCUT2D eigenvalue weighted by Crippen LogP contribution is 2.35. The molecule has 0 amide bonds. The topological polar surface area (TPSA) is 9.23 Å². The van der Waals surface area contributed by atoms with Crippen molar-refractivity contribution in [1.29, 1.82) is 0 Å². The van der Waals surface area contributed by atoms with E-state index in [-0.39, 0.29) is 0 Å². The Morgan fingerprint density at radius 3 is 2.33 bits per heavy atom. The van der Waals surface area contributed by atoms with Crippen LogP contribution in [-0.2, 0) is 4.74 Å². The number of rotatable bonds is 12. The zero-order valence-electron chi connectivity index (χ0n) is 16.1. The Hall–Kier alpha value is -1.08. The largest absolute Gasteiger partial charge is 0.377 e. The summed E-state index contributed by atoms with van der Waals surface area (Å²) in [5.74, 6) is 1.58. The summed E-state index contributed by atoms with van der Waals surface area (Å²) in [5.41, 5.74) is 0. The van der Waals surface area contributed by atoms with Gasteiger partial charge >= 0.3 is 0 Å². The lowest BCUT2D eigenvalue weighted by Gasteiger charge is -2.16. The minimum atomic E-state index is 0.304. The molecule has 1 aliphatic carbocycles. The molecule has 0 aromatic heterocycles. The maximum Gasteiger partial charge on any atom is 0.0752 e. The van der Waals surface area contributed by atoms with E-state index in [0.717, 1.165) is 37.5 Å². The monoisotopic (exact) mass is 330 g/mol. The molecule has 0 spiro atoms. The maximum atomic E-state index is 5.53. The van der Waals surface area contributed by atoms with E-state index in [0.29, 0.717) is 6.10 Å². The summed E-state index contributed by atoms with van der Waals surface area (Å²) in [6, 6.07) is 0. The molecule has 1 aliphatic rings. The van der Waals surface area contributed by atoms with Gasteiger partial charge in [-0.05, 0) is 56.8 Å². The number of methoxy groups -OCH3 is 1. The second kappa shape index (κ2) is 14.3. The van der Waals surface area contributed by atoms with Crippen molar-refractivity contribution in [3.63, 3.8) is 0 Å². The van der Waals surface area contributed by atoms with Gasteiger partial charge in [-0.3, -0.25) is 0 Å². The van der Waals surface area contributed by atoms with E-state index in [9.17, 15) is 0 Å². The highest BCUT2D eigenvalue weighted by Gasteiger charge is 2.24. The molecule has 0 aliphatic heterocycles. The third-order valence-electron chi connectivity index (χ3n) is 4.89. The van der Waals surface area contributed by atoms with Crippen molar-refractivity contribution < 1.29 is 4.74 Å². The summed E-state index contributed by atoms with van der Waals surface area (Å²) < 4.78 is 5.53. The smallest absolute Gasteiger partial charge is 0.0752 e. The molecule has 0 heterocycles. The van der Waals surface area contributed by atoms with Crippen molar-refractivity contribution in [2.24, 2.45) is 11.8 Å². The number of hydrogen-bond donors (Lipinski definition) is 0. The fourth-order valence-corrected chi connectivity index (χ4v) is 3.44. The molecule has 1 nitrogen and oxygen atoms in total. The molecule has 0 aromatic rings. The molecule has 0 aromatic carbocycles. The Bertz CT molecular complexity index is 402. The molecule has 24 heavy (non-hydrogen) atoms. The molecule has 0 unspecified atom stereocenters. The minimum Gasteiger partial charge on any atom is -0.377 e. The fraction of sp³-hybridized carbons (Fsp3) is 0.652. The van der Waals surface area contributed by atoms with Crippen LogP contribution in [-0.4, -0.2) is 13.2 Å². The molecule has 0 N–H and O–H groups in total. The second-order valence-corrected chi connectivity index (χ2v) is 6.83. The van der Waals surface area contributed by atoms with Crippen molar-refractivity contribution in [3.05, 3.63) is 48.6 Å². The van der Waals surface area contributed by atoms with Crippen LogP contribution < -0.4 is 0 Å². The third kappa shape index (κ3) is 9.27. The van der Waals surface area contributed by atoms with Gasteiger partial charge in [0.05, 0.1) is 6.10 Å². The van der Waals surface area contributed by atoms with Crippen LogP contribution in [0.5, 0.6) is 0 Å². The Morgan fingerprint density at radius 1 is 0.958 bits per heavy atom. The van der Waals surface area contributed by atoms with Gasteiger partial charge in [0.1, 0.15) is 0 Å². The Kier molecular flexibility index (Phi) is 12.5. The Balaban J connectivity index is 2.29. The molecule has 136 valence electrons. The Labute approximate surface area is 150 Å². The van der Waals surface area contributed by atoms with Crippen molar-refractivity contribution in [2.75, 3.05) is 7.11 Å². The van der Waals surface area contributed by atoms with E-state index in [1.165, 1.54) is 32.1 Å². The molecule has 0 bridgehead atoms. The standard InChI is InChI=1S/C23H38O/c1-4-6-7-8-9-10-11-12-13-16-21-17-14-18-22(21)19-20-23(24-3)15-5-2/h6-7,9-10,12-13,19-23H,4-5,8,11,14-18H2,1-3H3/b7-6-,10-9-,13-12-,20-19+/t21-,22-,23-/m0/s1. The lowest BCUT2D eigenvalue weighted by atomic mass is 9.91. The fourth-order valence-electron chi connectivity index (χ4n) is 3.44. The number of hydrogen-bond acceptors (Lipinski definition) is 1. The van der Waals surface area contributed by atoms with Crippen LogP contribution in [0.4, 0.5) is 0 Å². The predicted octanol–water partition coefficient (Wildman–Crippen LogP) is 7.02. The predicted molar refractivity (Wildman–Crippen MR) is 107 cm³/mol. The van der Waals surface area contributed by atoms with Gasteiger partial charge in [0, 0.05) is 7.11 Å². The summed E-state index contributed by atoms with van der Waals surface area (Å²) in [6.07, 6.45) is 29.7. The van der Waals surface area contributed by atoms with Gasteiger partial charge in [0.2, 0.25) is 0 Å². The van der Waals surface area contributed by atoms with E-state index >= 15 is 0 Å². The van der Waals surface area contributed by atoms with Gasteiger partial charge in [0.25, 0.3) is 0 Å². The van der Waals surface area contributed by atoms with Crippen molar-refractivity contribution in [2.45, 2.75) is 77.7 Å². The molecule has 1 rings (SSSR count). The minimum absolute atomic E-state index is 0.304.